The van der Waals surface area contributed by atoms with Crippen molar-refractivity contribution in [3.63, 3.8) is 0 Å². The van der Waals surface area contributed by atoms with Gasteiger partial charge in [-0.3, -0.25) is 0 Å². The molecule has 0 radical (unpaired) electrons. The molecule has 1 atom stereocenters. The van der Waals surface area contributed by atoms with Crippen LogP contribution in [0.5, 0.6) is 0 Å². The standard InChI is InChI=1S/C11H24O3/c1-10(2,14-5)6-7-11(3,12)8-9-13-4/h12H,6-9H2,1-5H3. The number of aliphatic hydroxyl groups is 1. The van der Waals surface area contributed by atoms with E-state index in [2.05, 4.69) is 0 Å². The highest BCUT2D eigenvalue weighted by Crippen LogP contribution is 2.23. The monoisotopic (exact) mass is 204 g/mol. The van der Waals surface area contributed by atoms with Crippen LogP contribution in [-0.2, 0) is 9.47 Å². The molecule has 0 aliphatic carbocycles. The number of methoxy groups -OCH3 is 2. The molecular formula is C11H24O3. The molecule has 0 aliphatic heterocycles. The van der Waals surface area contributed by atoms with Crippen molar-refractivity contribution >= 4 is 0 Å². The minimum Gasteiger partial charge on any atom is -0.390 e. The Labute approximate surface area is 87.4 Å². The number of ether oxygens (including phenoxy) is 2. The maximum absolute atomic E-state index is 9.97. The van der Waals surface area contributed by atoms with E-state index in [1.165, 1.54) is 0 Å². The number of hydrogen-bond donors (Lipinski definition) is 1. The van der Waals surface area contributed by atoms with E-state index in [1.54, 1.807) is 14.2 Å². The van der Waals surface area contributed by atoms with Crippen LogP contribution in [0, 0.1) is 0 Å². The zero-order chi connectivity index (χ0) is 11.2. The molecule has 0 bridgehead atoms. The van der Waals surface area contributed by atoms with E-state index in [9.17, 15) is 5.11 Å². The van der Waals surface area contributed by atoms with Crippen LogP contribution in [-0.4, -0.2) is 37.1 Å². The summed E-state index contributed by atoms with van der Waals surface area (Å²) < 4.78 is 10.2. The van der Waals surface area contributed by atoms with Crippen molar-refractivity contribution in [3.05, 3.63) is 0 Å². The highest BCUT2D eigenvalue weighted by Gasteiger charge is 2.25. The fourth-order valence-corrected chi connectivity index (χ4v) is 1.12. The van der Waals surface area contributed by atoms with Crippen LogP contribution in [0.3, 0.4) is 0 Å². The van der Waals surface area contributed by atoms with Crippen molar-refractivity contribution in [1.29, 1.82) is 0 Å². The fourth-order valence-electron chi connectivity index (χ4n) is 1.12. The van der Waals surface area contributed by atoms with Gasteiger partial charge >= 0.3 is 0 Å². The average Bonchev–Trinajstić information content (AvgIpc) is 2.12. The molecule has 0 aliphatic rings. The number of hydrogen-bond acceptors (Lipinski definition) is 3. The first-order chi connectivity index (χ1) is 6.33. The summed E-state index contributed by atoms with van der Waals surface area (Å²) in [5.41, 5.74) is -0.803. The molecule has 0 amide bonds. The van der Waals surface area contributed by atoms with Crippen LogP contribution in [0.1, 0.15) is 40.0 Å². The SMILES string of the molecule is COCCC(C)(O)CCC(C)(C)OC. The summed E-state index contributed by atoms with van der Waals surface area (Å²) in [6, 6.07) is 0. The second kappa shape index (κ2) is 5.69. The Morgan fingerprint density at radius 2 is 1.57 bits per heavy atom. The van der Waals surface area contributed by atoms with Gasteiger partial charge in [-0.2, -0.15) is 0 Å². The second-order valence-corrected chi connectivity index (χ2v) is 4.70. The van der Waals surface area contributed by atoms with Crippen molar-refractivity contribution in [3.8, 4) is 0 Å². The highest BCUT2D eigenvalue weighted by atomic mass is 16.5. The summed E-state index contributed by atoms with van der Waals surface area (Å²) in [5.74, 6) is 0. The summed E-state index contributed by atoms with van der Waals surface area (Å²) in [7, 11) is 3.35. The van der Waals surface area contributed by atoms with E-state index >= 15 is 0 Å². The molecule has 1 N–H and O–H groups in total. The van der Waals surface area contributed by atoms with E-state index in [0.29, 0.717) is 13.0 Å². The summed E-state index contributed by atoms with van der Waals surface area (Å²) in [6.45, 7) is 6.50. The predicted molar refractivity (Wildman–Crippen MR) is 57.4 cm³/mol. The molecule has 0 aromatic rings. The van der Waals surface area contributed by atoms with Crippen molar-refractivity contribution in [2.75, 3.05) is 20.8 Å². The van der Waals surface area contributed by atoms with Gasteiger partial charge in [-0.1, -0.05) is 0 Å². The molecule has 0 aromatic carbocycles. The Balaban J connectivity index is 3.85. The largest absolute Gasteiger partial charge is 0.390 e. The van der Waals surface area contributed by atoms with Crippen LogP contribution in [0.25, 0.3) is 0 Å². The third-order valence-corrected chi connectivity index (χ3v) is 2.66. The summed E-state index contributed by atoms with van der Waals surface area (Å²) in [4.78, 5) is 0. The lowest BCUT2D eigenvalue weighted by Crippen LogP contribution is -2.31. The fraction of sp³-hybridized carbons (Fsp3) is 1.00. The summed E-state index contributed by atoms with van der Waals surface area (Å²) in [5, 5.41) is 9.97. The third kappa shape index (κ3) is 6.35. The Morgan fingerprint density at radius 3 is 2.00 bits per heavy atom. The van der Waals surface area contributed by atoms with Crippen LogP contribution < -0.4 is 0 Å². The van der Waals surface area contributed by atoms with Gasteiger partial charge in [-0.25, -0.2) is 0 Å². The summed E-state index contributed by atoms with van der Waals surface area (Å²) >= 11 is 0. The zero-order valence-electron chi connectivity index (χ0n) is 10.1. The highest BCUT2D eigenvalue weighted by molar-refractivity contribution is 4.78. The molecule has 0 saturated heterocycles. The predicted octanol–water partition coefficient (Wildman–Crippen LogP) is 1.98. The first kappa shape index (κ1) is 13.9. The lowest BCUT2D eigenvalue weighted by molar-refractivity contribution is -0.0294. The third-order valence-electron chi connectivity index (χ3n) is 2.66. The molecule has 0 saturated carbocycles. The van der Waals surface area contributed by atoms with E-state index in [-0.39, 0.29) is 5.60 Å². The number of rotatable bonds is 7. The van der Waals surface area contributed by atoms with E-state index < -0.39 is 5.60 Å². The molecule has 86 valence electrons. The van der Waals surface area contributed by atoms with Gasteiger partial charge in [-0.05, 0) is 40.0 Å². The first-order valence-electron chi connectivity index (χ1n) is 5.09. The smallest absolute Gasteiger partial charge is 0.0642 e. The molecule has 14 heavy (non-hydrogen) atoms. The molecule has 1 unspecified atom stereocenters. The van der Waals surface area contributed by atoms with Gasteiger partial charge in [0.25, 0.3) is 0 Å². The maximum atomic E-state index is 9.97. The van der Waals surface area contributed by atoms with Gasteiger partial charge in [0.1, 0.15) is 0 Å². The maximum Gasteiger partial charge on any atom is 0.0642 e. The van der Waals surface area contributed by atoms with Crippen molar-refractivity contribution in [2.24, 2.45) is 0 Å². The van der Waals surface area contributed by atoms with Gasteiger partial charge in [0, 0.05) is 20.8 Å². The molecule has 0 fully saturated rings. The molecule has 0 spiro atoms. The minimum absolute atomic E-state index is 0.156. The Kier molecular flexibility index (Phi) is 5.64. The Hall–Kier alpha value is -0.120. The van der Waals surface area contributed by atoms with Gasteiger partial charge < -0.3 is 14.6 Å². The van der Waals surface area contributed by atoms with E-state index in [4.69, 9.17) is 9.47 Å². The van der Waals surface area contributed by atoms with Crippen molar-refractivity contribution in [2.45, 2.75) is 51.2 Å². The average molecular weight is 204 g/mol. The Morgan fingerprint density at radius 1 is 1.00 bits per heavy atom. The van der Waals surface area contributed by atoms with Crippen molar-refractivity contribution in [1.82, 2.24) is 0 Å². The molecule has 0 heterocycles. The van der Waals surface area contributed by atoms with Gasteiger partial charge in [0.2, 0.25) is 0 Å². The lowest BCUT2D eigenvalue weighted by atomic mass is 9.90. The van der Waals surface area contributed by atoms with E-state index in [0.717, 1.165) is 12.8 Å². The topological polar surface area (TPSA) is 38.7 Å². The van der Waals surface area contributed by atoms with Gasteiger partial charge in [0.05, 0.1) is 11.2 Å². The lowest BCUT2D eigenvalue weighted by Gasteiger charge is -2.29. The van der Waals surface area contributed by atoms with Crippen LogP contribution in [0.15, 0.2) is 0 Å². The minimum atomic E-state index is -0.647. The second-order valence-electron chi connectivity index (χ2n) is 4.70. The van der Waals surface area contributed by atoms with Crippen LogP contribution in [0.4, 0.5) is 0 Å². The zero-order valence-corrected chi connectivity index (χ0v) is 10.1. The van der Waals surface area contributed by atoms with Crippen LogP contribution >= 0.6 is 0 Å². The quantitative estimate of drug-likeness (QED) is 0.689. The molecule has 3 nitrogen and oxygen atoms in total. The normalized spacial score (nSPS) is 16.7. The molecule has 0 aromatic heterocycles. The Bertz CT molecular complexity index is 153. The summed E-state index contributed by atoms with van der Waals surface area (Å²) in [6.07, 6.45) is 2.25. The first-order valence-corrected chi connectivity index (χ1v) is 5.09. The molecule has 3 heteroatoms. The molecule has 0 rings (SSSR count). The van der Waals surface area contributed by atoms with Gasteiger partial charge in [0.15, 0.2) is 0 Å². The van der Waals surface area contributed by atoms with Crippen LogP contribution in [0.2, 0.25) is 0 Å². The van der Waals surface area contributed by atoms with Crippen molar-refractivity contribution < 1.29 is 14.6 Å². The van der Waals surface area contributed by atoms with Gasteiger partial charge in [-0.15, -0.1) is 0 Å². The van der Waals surface area contributed by atoms with E-state index in [1.807, 2.05) is 20.8 Å². The molecular weight excluding hydrogens is 180 g/mol.